The van der Waals surface area contributed by atoms with E-state index >= 15 is 0 Å². The lowest BCUT2D eigenvalue weighted by Gasteiger charge is -2.28. The van der Waals surface area contributed by atoms with Crippen molar-refractivity contribution >= 4 is 29.2 Å². The van der Waals surface area contributed by atoms with E-state index in [1.165, 1.54) is 0 Å². The number of ether oxygens (including phenoxy) is 2. The molecule has 0 unspecified atom stereocenters. The lowest BCUT2D eigenvalue weighted by atomic mass is 9.96. The fourth-order valence-electron chi connectivity index (χ4n) is 4.12. The Morgan fingerprint density at radius 1 is 1.23 bits per heavy atom. The van der Waals surface area contributed by atoms with Crippen LogP contribution < -0.4 is 14.5 Å². The summed E-state index contributed by atoms with van der Waals surface area (Å²) in [4.78, 5) is 24.8. The van der Waals surface area contributed by atoms with Crippen LogP contribution in [0.1, 0.15) is 38.2 Å². The van der Waals surface area contributed by atoms with E-state index in [0.717, 1.165) is 49.7 Å². The highest BCUT2D eigenvalue weighted by atomic mass is 35.5. The summed E-state index contributed by atoms with van der Waals surface area (Å²) in [6.45, 7) is 8.21. The van der Waals surface area contributed by atoms with Crippen molar-refractivity contribution in [3.63, 3.8) is 0 Å². The maximum atomic E-state index is 11.4. The number of carbonyl (C=O) groups excluding carboxylic acids is 1. The Balaban J connectivity index is 1.38. The molecule has 2 aliphatic heterocycles. The number of Topliss-reactive ketones (excluding diaryl/α,β-unsaturated/α-hetero) is 1. The van der Waals surface area contributed by atoms with Crippen molar-refractivity contribution in [3.05, 3.63) is 41.0 Å². The van der Waals surface area contributed by atoms with Gasteiger partial charge in [0.2, 0.25) is 5.95 Å². The second-order valence-corrected chi connectivity index (χ2v) is 8.70. The molecule has 166 valence electrons. The molecule has 8 heteroatoms. The maximum absolute atomic E-state index is 11.4. The first kappa shape index (κ1) is 21.8. The molecule has 4 rings (SSSR count). The van der Waals surface area contributed by atoms with Gasteiger partial charge in [-0.25, -0.2) is 4.98 Å². The van der Waals surface area contributed by atoms with Gasteiger partial charge in [-0.3, -0.25) is 0 Å². The molecule has 0 bridgehead atoms. The fourth-order valence-corrected chi connectivity index (χ4v) is 4.33. The van der Waals surface area contributed by atoms with Crippen LogP contribution in [0.5, 0.6) is 5.75 Å². The number of carbonyl (C=O) groups is 1. The van der Waals surface area contributed by atoms with E-state index in [9.17, 15) is 4.79 Å². The highest BCUT2D eigenvalue weighted by Crippen LogP contribution is 2.30. The number of ketones is 1. The van der Waals surface area contributed by atoms with E-state index in [1.807, 2.05) is 24.3 Å². The van der Waals surface area contributed by atoms with Crippen molar-refractivity contribution in [2.24, 2.45) is 0 Å². The van der Waals surface area contributed by atoms with Gasteiger partial charge in [0.25, 0.3) is 0 Å². The highest BCUT2D eigenvalue weighted by molar-refractivity contribution is 6.32. The van der Waals surface area contributed by atoms with Gasteiger partial charge in [-0.15, -0.1) is 0 Å². The molecule has 1 aromatic carbocycles. The summed E-state index contributed by atoms with van der Waals surface area (Å²) < 4.78 is 11.6. The van der Waals surface area contributed by atoms with Gasteiger partial charge >= 0.3 is 0 Å². The Morgan fingerprint density at radius 2 is 1.97 bits per heavy atom. The van der Waals surface area contributed by atoms with E-state index < -0.39 is 0 Å². The summed E-state index contributed by atoms with van der Waals surface area (Å²) in [5.41, 5.74) is 1.15. The van der Waals surface area contributed by atoms with Crippen LogP contribution in [-0.4, -0.2) is 61.2 Å². The van der Waals surface area contributed by atoms with Crippen molar-refractivity contribution in [1.29, 1.82) is 0 Å². The molecule has 3 heterocycles. The molecule has 2 atom stereocenters. The van der Waals surface area contributed by atoms with Crippen molar-refractivity contribution in [2.75, 3.05) is 49.2 Å². The molecule has 0 saturated carbocycles. The number of anilines is 2. The van der Waals surface area contributed by atoms with Gasteiger partial charge in [0, 0.05) is 32.5 Å². The van der Waals surface area contributed by atoms with E-state index in [0.29, 0.717) is 30.6 Å². The van der Waals surface area contributed by atoms with Crippen LogP contribution in [0.25, 0.3) is 0 Å². The van der Waals surface area contributed by atoms with Crippen molar-refractivity contribution in [2.45, 2.75) is 38.7 Å². The third kappa shape index (κ3) is 5.46. The van der Waals surface area contributed by atoms with Crippen LogP contribution in [-0.2, 0) is 9.53 Å². The Morgan fingerprint density at radius 3 is 2.68 bits per heavy atom. The van der Waals surface area contributed by atoms with E-state index in [-0.39, 0.29) is 17.8 Å². The fraction of sp³-hybridized carbons (Fsp3) is 0.522. The van der Waals surface area contributed by atoms with Gasteiger partial charge in [-0.05, 0) is 30.5 Å². The molecular formula is C23H29ClN4O3. The van der Waals surface area contributed by atoms with Gasteiger partial charge in [-0.1, -0.05) is 30.7 Å². The van der Waals surface area contributed by atoms with Crippen LogP contribution in [0, 0.1) is 0 Å². The van der Waals surface area contributed by atoms with Gasteiger partial charge in [0.05, 0.1) is 26.0 Å². The van der Waals surface area contributed by atoms with Crippen molar-refractivity contribution in [1.82, 2.24) is 9.97 Å². The third-order valence-electron chi connectivity index (χ3n) is 5.80. The number of aromatic nitrogens is 2. The number of morpholine rings is 1. The van der Waals surface area contributed by atoms with Crippen LogP contribution in [0.2, 0.25) is 5.02 Å². The molecule has 2 fully saturated rings. The Kier molecular flexibility index (Phi) is 6.92. The molecule has 2 aromatic rings. The number of hydrogen-bond donors (Lipinski definition) is 0. The monoisotopic (exact) mass is 444 g/mol. The number of hydrogen-bond acceptors (Lipinski definition) is 7. The largest absolute Gasteiger partial charge is 0.489 e. The van der Waals surface area contributed by atoms with Gasteiger partial charge in [0.1, 0.15) is 22.7 Å². The van der Waals surface area contributed by atoms with Crippen LogP contribution in [0.15, 0.2) is 30.5 Å². The van der Waals surface area contributed by atoms with Crippen LogP contribution >= 0.6 is 11.6 Å². The highest BCUT2D eigenvalue weighted by Gasteiger charge is 2.28. The molecule has 2 aliphatic rings. The molecule has 0 N–H and O–H groups in total. The standard InChI is InChI=1S/C23H29ClN4O3/c1-16(13-17(2)29)18-3-5-19(6-4-18)31-20-7-8-28(15-20)22-21(24)14-25-23(26-22)27-9-11-30-12-10-27/h3-6,14,16,20H,7-13,15H2,1-2H3/t16-,20-/m1/s1. The zero-order chi connectivity index (χ0) is 21.8. The number of halogens is 1. The molecule has 1 aromatic heterocycles. The topological polar surface area (TPSA) is 67.8 Å². The molecular weight excluding hydrogens is 416 g/mol. The molecule has 0 aliphatic carbocycles. The molecule has 2 saturated heterocycles. The summed E-state index contributed by atoms with van der Waals surface area (Å²) in [5, 5.41) is 0.557. The molecule has 7 nitrogen and oxygen atoms in total. The molecule has 0 amide bonds. The first-order valence-electron chi connectivity index (χ1n) is 10.9. The third-order valence-corrected chi connectivity index (χ3v) is 6.06. The summed E-state index contributed by atoms with van der Waals surface area (Å²) in [5.74, 6) is 2.72. The summed E-state index contributed by atoms with van der Waals surface area (Å²) in [7, 11) is 0. The Hall–Kier alpha value is -2.38. The smallest absolute Gasteiger partial charge is 0.227 e. The molecule has 31 heavy (non-hydrogen) atoms. The summed E-state index contributed by atoms with van der Waals surface area (Å²) >= 11 is 6.43. The predicted molar refractivity (Wildman–Crippen MR) is 121 cm³/mol. The summed E-state index contributed by atoms with van der Waals surface area (Å²) in [6.07, 6.45) is 3.21. The number of benzene rings is 1. The van der Waals surface area contributed by atoms with Gasteiger partial charge in [0.15, 0.2) is 5.82 Å². The second kappa shape index (κ2) is 9.83. The number of nitrogens with zero attached hydrogens (tertiary/aromatic N) is 4. The van der Waals surface area contributed by atoms with E-state index in [4.69, 9.17) is 26.1 Å². The van der Waals surface area contributed by atoms with Crippen molar-refractivity contribution < 1.29 is 14.3 Å². The molecule has 0 radical (unpaired) electrons. The molecule has 0 spiro atoms. The van der Waals surface area contributed by atoms with E-state index in [1.54, 1.807) is 13.1 Å². The van der Waals surface area contributed by atoms with Crippen molar-refractivity contribution in [3.8, 4) is 5.75 Å². The lowest BCUT2D eigenvalue weighted by Crippen LogP contribution is -2.37. The minimum Gasteiger partial charge on any atom is -0.489 e. The first-order chi connectivity index (χ1) is 15.0. The number of rotatable bonds is 7. The average Bonchev–Trinajstić information content (AvgIpc) is 3.23. The lowest BCUT2D eigenvalue weighted by molar-refractivity contribution is -0.117. The SMILES string of the molecule is CC(=O)C[C@@H](C)c1ccc(O[C@@H]2CCN(c3nc(N4CCOCC4)ncc3Cl)C2)cc1. The zero-order valence-corrected chi connectivity index (χ0v) is 18.8. The van der Waals surface area contributed by atoms with E-state index in [2.05, 4.69) is 21.7 Å². The Labute approximate surface area is 188 Å². The second-order valence-electron chi connectivity index (χ2n) is 8.29. The Bertz CT molecular complexity index is 902. The van der Waals surface area contributed by atoms with Crippen LogP contribution in [0.3, 0.4) is 0 Å². The average molecular weight is 445 g/mol. The van der Waals surface area contributed by atoms with Gasteiger partial charge in [-0.2, -0.15) is 4.98 Å². The maximum Gasteiger partial charge on any atom is 0.227 e. The zero-order valence-electron chi connectivity index (χ0n) is 18.1. The quantitative estimate of drug-likeness (QED) is 0.644. The minimum atomic E-state index is 0.0679. The van der Waals surface area contributed by atoms with Crippen LogP contribution in [0.4, 0.5) is 11.8 Å². The van der Waals surface area contributed by atoms with Gasteiger partial charge < -0.3 is 24.1 Å². The normalized spacial score (nSPS) is 20.0. The summed E-state index contributed by atoms with van der Waals surface area (Å²) in [6, 6.07) is 8.07. The first-order valence-corrected chi connectivity index (χ1v) is 11.2. The predicted octanol–water partition coefficient (Wildman–Crippen LogP) is 3.71. The minimum absolute atomic E-state index is 0.0679.